The van der Waals surface area contributed by atoms with Crippen molar-refractivity contribution in [3.8, 4) is 0 Å². The molecule has 26 N–H and O–H groups in total. The zero-order valence-electron chi connectivity index (χ0n) is 22.7. The Hall–Kier alpha value is 2.38. The standard InChI is InChI=1S/2C6H10O7.3Na.9H2O.3O.2Sb/c2*7-1-2(8)3(9)4(10)5(11)6(12)13;;;;;;;;;;;;;;;;;/h2*2-5,7-8,10H,1H2,(H,12,13);;;;9*1H2;;;;;/q2*-2;3*+1;;;;;;;;;;;;;2*+2. The molecule has 252 valence electrons. The second kappa shape index (κ2) is 31.6. The molecule has 0 spiro atoms. The maximum atomic E-state index is 12.9. The molecule has 0 amide bonds. The van der Waals surface area contributed by atoms with E-state index in [9.17, 15) is 36.1 Å². The molecule has 2 fully saturated rings. The maximum absolute atomic E-state index is 12.9. The van der Waals surface area contributed by atoms with E-state index >= 15 is 0 Å². The van der Waals surface area contributed by atoms with Crippen LogP contribution in [0.5, 0.6) is 0 Å². The fourth-order valence-electron chi connectivity index (χ4n) is 2.61. The number of hydrogen-bond donors (Lipinski definition) is 8. The van der Waals surface area contributed by atoms with Crippen LogP contribution in [0.4, 0.5) is 0 Å². The predicted octanol–water partition coefficient (Wildman–Crippen LogP) is -22.5. The Balaban J connectivity index is -0.0000000948. The van der Waals surface area contributed by atoms with Crippen LogP contribution in [-0.2, 0) is 29.0 Å². The van der Waals surface area contributed by atoms with E-state index in [2.05, 4.69) is 7.32 Å². The van der Waals surface area contributed by atoms with Crippen LogP contribution in [-0.4, -0.2) is 204 Å². The first-order valence-electron chi connectivity index (χ1n) is 8.32. The molecule has 2 aliphatic rings. The van der Waals surface area contributed by atoms with Crippen LogP contribution in [0.25, 0.3) is 0 Å². The summed E-state index contributed by atoms with van der Waals surface area (Å²) in [4.78, 5) is 22.6. The first kappa shape index (κ1) is 75.6. The zero-order chi connectivity index (χ0) is 23.7. The van der Waals surface area contributed by atoms with Gasteiger partial charge in [-0.3, -0.25) is 0 Å². The number of hydrogen-bond acceptors (Lipinski definition) is 15. The molecule has 0 aromatic heterocycles. The zero-order valence-corrected chi connectivity index (χ0v) is 33.8. The fraction of sp³-hybridized carbons (Fsp3) is 0.833. The Kier molecular flexibility index (Phi) is 55.6. The van der Waals surface area contributed by atoms with Gasteiger partial charge in [0.2, 0.25) is 0 Å². The van der Waals surface area contributed by atoms with Crippen molar-refractivity contribution in [2.24, 2.45) is 0 Å². The van der Waals surface area contributed by atoms with E-state index < -0.39 is 114 Å². The summed E-state index contributed by atoms with van der Waals surface area (Å²) in [6, 6.07) is 0. The summed E-state index contributed by atoms with van der Waals surface area (Å²) in [5.74, 6) is -3.81. The van der Waals surface area contributed by atoms with Gasteiger partial charge in [-0.1, -0.05) is 0 Å². The van der Waals surface area contributed by atoms with E-state index in [0.29, 0.717) is 0 Å². The van der Waals surface area contributed by atoms with Gasteiger partial charge >= 0.3 is 273 Å². The second-order valence-electron chi connectivity index (χ2n) is 6.33. The normalized spacial score (nSPS) is 31.1. The number of rotatable bonds is 8. The molecule has 8 unspecified atom stereocenters. The van der Waals surface area contributed by atoms with E-state index in [0.717, 1.165) is 0 Å². The van der Waals surface area contributed by atoms with Gasteiger partial charge in [0, 0.05) is 0 Å². The Morgan fingerprint density at radius 1 is 0.605 bits per heavy atom. The third-order valence-corrected chi connectivity index (χ3v) is 18.5. The number of carbonyl (C=O) groups is 2. The number of aliphatic hydroxyl groups is 6. The Morgan fingerprint density at radius 2 is 0.837 bits per heavy atom. The summed E-state index contributed by atoms with van der Waals surface area (Å²) in [6.45, 7) is -2.19. The first-order valence-corrected chi connectivity index (χ1v) is 16.7. The van der Waals surface area contributed by atoms with Crippen molar-refractivity contribution < 1.29 is 208 Å². The molecule has 26 nitrogen and oxygen atoms in total. The molecule has 43 heavy (non-hydrogen) atoms. The minimum Gasteiger partial charge on any atom is 1.00 e. The Morgan fingerprint density at radius 3 is 1.02 bits per heavy atom. The largest absolute Gasteiger partial charge is 1.00 e. The topological polar surface area (TPSA) is 560 Å². The fourth-order valence-corrected chi connectivity index (χ4v) is 17.7. The molecule has 0 saturated carbocycles. The van der Waals surface area contributed by atoms with Crippen LogP contribution in [0.1, 0.15) is 0 Å². The van der Waals surface area contributed by atoms with Crippen LogP contribution < -0.4 is 88.7 Å². The molecule has 0 aliphatic carbocycles. The maximum Gasteiger partial charge on any atom is 1.00 e. The quantitative estimate of drug-likeness (QED) is 0.105. The summed E-state index contributed by atoms with van der Waals surface area (Å²) >= 11 is -13.0. The average Bonchev–Trinajstić information content (AvgIpc) is 2.69. The second-order valence-corrected chi connectivity index (χ2v) is 17.4. The third-order valence-electron chi connectivity index (χ3n) is 4.10. The summed E-state index contributed by atoms with van der Waals surface area (Å²) in [5, 5.41) is 75.6. The van der Waals surface area contributed by atoms with Gasteiger partial charge in [0.1, 0.15) is 0 Å². The third kappa shape index (κ3) is 19.2. The molecule has 31 heteroatoms. The molecule has 0 bridgehead atoms. The molecular weight excluding hydrogens is 873 g/mol. The molecule has 8 atom stereocenters. The van der Waals surface area contributed by atoms with Crippen molar-refractivity contribution in [3.05, 3.63) is 0 Å². The van der Waals surface area contributed by atoms with Gasteiger partial charge in [-0.2, -0.15) is 0 Å². The molecule has 2 saturated heterocycles. The SMILES string of the molecule is O.O.O.O.O.O.O.O.O.O=C(O)C1[O][Sb](=[O])([O][Sb]2(=[O])[O]C(C(=O)O)C(O)C(C(O)CO)[O]2)[O]C(C(O)CO)C1O.[Na+].[Na+].[Na+]. The van der Waals surface area contributed by atoms with E-state index in [-0.39, 0.29) is 138 Å². The van der Waals surface area contributed by atoms with Crippen molar-refractivity contribution >= 4 is 52.0 Å². The van der Waals surface area contributed by atoms with Gasteiger partial charge in [-0.25, -0.2) is 0 Å². The smallest absolute Gasteiger partial charge is 1.00 e. The van der Waals surface area contributed by atoms with Gasteiger partial charge in [0.15, 0.2) is 0 Å². The predicted molar refractivity (Wildman–Crippen MR) is 119 cm³/mol. The van der Waals surface area contributed by atoms with Gasteiger partial charge in [-0.15, -0.1) is 0 Å². The van der Waals surface area contributed by atoms with Gasteiger partial charge in [0.05, 0.1) is 0 Å². The summed E-state index contributed by atoms with van der Waals surface area (Å²) in [5.41, 5.74) is 0. The summed E-state index contributed by atoms with van der Waals surface area (Å²) < 4.78 is 49.3. The minimum atomic E-state index is -6.51. The van der Waals surface area contributed by atoms with Crippen molar-refractivity contribution in [1.82, 2.24) is 0 Å². The van der Waals surface area contributed by atoms with Gasteiger partial charge in [-0.05, 0) is 0 Å². The first-order chi connectivity index (χ1) is 14.3. The van der Waals surface area contributed by atoms with E-state index in [1.807, 2.05) is 0 Å². The van der Waals surface area contributed by atoms with Crippen LogP contribution in [0.3, 0.4) is 0 Å². The van der Waals surface area contributed by atoms with E-state index in [1.54, 1.807) is 0 Å². The van der Waals surface area contributed by atoms with Gasteiger partial charge in [0.25, 0.3) is 0 Å². The molecule has 0 radical (unpaired) electrons. The molecule has 2 heterocycles. The Bertz CT molecular complexity index is 732. The van der Waals surface area contributed by atoms with Crippen molar-refractivity contribution in [2.45, 2.75) is 48.8 Å². The number of aliphatic hydroxyl groups excluding tert-OH is 6. The number of carboxylic acids is 2. The molecule has 2 aliphatic heterocycles. The van der Waals surface area contributed by atoms with Crippen molar-refractivity contribution in [2.75, 3.05) is 13.2 Å². The Labute approximate surface area is 318 Å². The summed E-state index contributed by atoms with van der Waals surface area (Å²) in [6.07, 6.45) is -17.1. The minimum absolute atomic E-state index is 0. The van der Waals surface area contributed by atoms with E-state index in [4.69, 9.17) is 26.5 Å². The number of aliphatic carboxylic acids is 2. The molecular formula is C12H38Na3O26Sb2+3. The van der Waals surface area contributed by atoms with Gasteiger partial charge < -0.3 is 49.3 Å². The van der Waals surface area contributed by atoms with Crippen LogP contribution >= 0.6 is 0 Å². The summed E-state index contributed by atoms with van der Waals surface area (Å²) in [7, 11) is 0. The van der Waals surface area contributed by atoms with Crippen molar-refractivity contribution in [1.29, 1.82) is 0 Å². The average molecular weight is 911 g/mol. The van der Waals surface area contributed by atoms with Crippen LogP contribution in [0, 0.1) is 0 Å². The number of carboxylic acid groups (broad SMARTS) is 2. The monoisotopic (exact) mass is 909 g/mol. The van der Waals surface area contributed by atoms with E-state index in [1.165, 1.54) is 0 Å². The molecule has 2 rings (SSSR count). The van der Waals surface area contributed by atoms with Crippen molar-refractivity contribution in [3.63, 3.8) is 0 Å². The molecule has 0 aromatic rings. The molecule has 0 aromatic carbocycles. The van der Waals surface area contributed by atoms with Crippen LogP contribution in [0.2, 0.25) is 0 Å². The van der Waals surface area contributed by atoms with Crippen LogP contribution in [0.15, 0.2) is 0 Å².